The molecule has 2 heterocycles. The van der Waals surface area contributed by atoms with Crippen LogP contribution < -0.4 is 4.90 Å². The number of hydrogen-bond donors (Lipinski definition) is 0. The summed E-state index contributed by atoms with van der Waals surface area (Å²) >= 11 is 0. The monoisotopic (exact) mass is 393 g/mol. The fraction of sp³-hybridized carbons (Fsp3) is 0.318. The predicted octanol–water partition coefficient (Wildman–Crippen LogP) is 3.38. The second-order valence-electron chi connectivity index (χ2n) is 7.38. The molecule has 0 spiro atoms. The third-order valence-electron chi connectivity index (χ3n) is 5.35. The van der Waals surface area contributed by atoms with Crippen LogP contribution >= 0.6 is 0 Å². The van der Waals surface area contributed by atoms with E-state index >= 15 is 0 Å². The molecular weight excluding hydrogens is 369 g/mol. The van der Waals surface area contributed by atoms with Crippen molar-refractivity contribution in [1.29, 1.82) is 0 Å². The molecule has 1 aliphatic rings. The Labute approximate surface area is 169 Å². The average molecular weight is 393 g/mol. The summed E-state index contributed by atoms with van der Waals surface area (Å²) in [6, 6.07) is 14.5. The van der Waals surface area contributed by atoms with Gasteiger partial charge in [0.15, 0.2) is 5.69 Å². The molecule has 0 radical (unpaired) electrons. The number of amides is 1. The van der Waals surface area contributed by atoms with Crippen LogP contribution in [0.2, 0.25) is 0 Å². The van der Waals surface area contributed by atoms with Crippen LogP contribution in [0, 0.1) is 19.7 Å². The molecule has 0 unspecified atom stereocenters. The van der Waals surface area contributed by atoms with Gasteiger partial charge in [-0.2, -0.15) is 0 Å². The van der Waals surface area contributed by atoms with E-state index in [1.807, 2.05) is 11.8 Å². The molecule has 1 saturated heterocycles. The van der Waals surface area contributed by atoms with Crippen LogP contribution in [0.25, 0.3) is 5.69 Å². The summed E-state index contributed by atoms with van der Waals surface area (Å²) in [6.45, 7) is 6.90. The van der Waals surface area contributed by atoms with Crippen molar-refractivity contribution < 1.29 is 9.18 Å². The quantitative estimate of drug-likeness (QED) is 0.685. The number of aromatic nitrogens is 3. The lowest BCUT2D eigenvalue weighted by molar-refractivity contribution is 0.0760. The molecule has 29 heavy (non-hydrogen) atoms. The summed E-state index contributed by atoms with van der Waals surface area (Å²) in [7, 11) is 0. The number of rotatable bonds is 3. The van der Waals surface area contributed by atoms with Crippen molar-refractivity contribution in [3.8, 4) is 5.69 Å². The summed E-state index contributed by atoms with van der Waals surface area (Å²) in [5.74, 6) is -0.424. The molecule has 1 fully saturated rings. The highest BCUT2D eigenvalue weighted by Crippen LogP contribution is 2.19. The molecule has 1 amide bonds. The normalized spacial score (nSPS) is 14.7. The summed E-state index contributed by atoms with van der Waals surface area (Å²) in [5, 5.41) is 8.23. The highest BCUT2D eigenvalue weighted by molar-refractivity contribution is 5.93. The molecule has 2 aromatic carbocycles. The van der Waals surface area contributed by atoms with E-state index in [2.05, 4.69) is 46.4 Å². The van der Waals surface area contributed by atoms with E-state index in [4.69, 9.17) is 0 Å². The van der Waals surface area contributed by atoms with Crippen molar-refractivity contribution in [2.45, 2.75) is 20.3 Å². The van der Waals surface area contributed by atoms with Crippen LogP contribution in [0.15, 0.2) is 48.5 Å². The van der Waals surface area contributed by atoms with Gasteiger partial charge in [-0.05, 0) is 56.7 Å². The highest BCUT2D eigenvalue weighted by Gasteiger charge is 2.25. The van der Waals surface area contributed by atoms with Gasteiger partial charge in [-0.25, -0.2) is 9.07 Å². The second kappa shape index (κ2) is 8.03. The predicted molar refractivity (Wildman–Crippen MR) is 110 cm³/mol. The SMILES string of the molecule is Cc1ccc(N2CCCN(C(=O)c3nnn(-c4ccc(F)cc4)c3C)CC2)cc1. The Balaban J connectivity index is 1.48. The Morgan fingerprint density at radius 1 is 0.897 bits per heavy atom. The van der Waals surface area contributed by atoms with Gasteiger partial charge in [-0.3, -0.25) is 4.79 Å². The Morgan fingerprint density at radius 3 is 2.31 bits per heavy atom. The summed E-state index contributed by atoms with van der Waals surface area (Å²) in [5.41, 5.74) is 4.10. The van der Waals surface area contributed by atoms with Crippen molar-refractivity contribution in [2.75, 3.05) is 31.1 Å². The van der Waals surface area contributed by atoms with Crippen molar-refractivity contribution in [3.63, 3.8) is 0 Å². The summed E-state index contributed by atoms with van der Waals surface area (Å²) in [6.07, 6.45) is 0.894. The number of hydrogen-bond acceptors (Lipinski definition) is 4. The van der Waals surface area contributed by atoms with Gasteiger partial charge in [0.05, 0.1) is 11.4 Å². The largest absolute Gasteiger partial charge is 0.370 e. The summed E-state index contributed by atoms with van der Waals surface area (Å²) in [4.78, 5) is 17.3. The maximum absolute atomic E-state index is 13.2. The van der Waals surface area contributed by atoms with Gasteiger partial charge < -0.3 is 9.80 Å². The van der Waals surface area contributed by atoms with E-state index in [1.54, 1.807) is 16.8 Å². The zero-order valence-electron chi connectivity index (χ0n) is 16.7. The molecule has 0 atom stereocenters. The standard InChI is InChI=1S/C22H24FN5O/c1-16-4-8-19(9-5-16)26-12-3-13-27(15-14-26)22(29)21-17(2)28(25-24-21)20-10-6-18(23)7-11-20/h4-11H,3,12-15H2,1-2H3. The van der Waals surface area contributed by atoms with Gasteiger partial charge in [-0.15, -0.1) is 5.10 Å². The van der Waals surface area contributed by atoms with E-state index in [9.17, 15) is 9.18 Å². The van der Waals surface area contributed by atoms with Gasteiger partial charge >= 0.3 is 0 Å². The number of anilines is 1. The smallest absolute Gasteiger partial charge is 0.276 e. The van der Waals surface area contributed by atoms with Gasteiger partial charge in [-0.1, -0.05) is 22.9 Å². The molecule has 1 aliphatic heterocycles. The Kier molecular flexibility index (Phi) is 5.29. The molecular formula is C22H24FN5O. The maximum atomic E-state index is 13.2. The van der Waals surface area contributed by atoms with Crippen molar-refractivity contribution in [3.05, 3.63) is 71.3 Å². The number of carbonyl (C=O) groups excluding carboxylic acids is 1. The maximum Gasteiger partial charge on any atom is 0.276 e. The number of halogens is 1. The molecule has 0 N–H and O–H groups in total. The molecule has 0 aliphatic carbocycles. The summed E-state index contributed by atoms with van der Waals surface area (Å²) < 4.78 is 14.8. The van der Waals surface area contributed by atoms with Crippen LogP contribution in [0.5, 0.6) is 0 Å². The Hall–Kier alpha value is -3.22. The average Bonchev–Trinajstić information content (AvgIpc) is 2.95. The molecule has 6 nitrogen and oxygen atoms in total. The van der Waals surface area contributed by atoms with Gasteiger partial charge in [0, 0.05) is 31.9 Å². The minimum absolute atomic E-state index is 0.110. The Morgan fingerprint density at radius 2 is 1.59 bits per heavy atom. The fourth-order valence-electron chi connectivity index (χ4n) is 3.64. The van der Waals surface area contributed by atoms with Crippen LogP contribution in [-0.2, 0) is 0 Å². The first-order valence-corrected chi connectivity index (χ1v) is 9.82. The first-order valence-electron chi connectivity index (χ1n) is 9.82. The molecule has 3 aromatic rings. The van der Waals surface area contributed by atoms with Crippen molar-refractivity contribution in [1.82, 2.24) is 19.9 Å². The number of carbonyl (C=O) groups is 1. The third kappa shape index (κ3) is 3.99. The van der Waals surface area contributed by atoms with E-state index < -0.39 is 0 Å². The van der Waals surface area contributed by atoms with E-state index in [0.717, 1.165) is 19.5 Å². The van der Waals surface area contributed by atoms with Crippen molar-refractivity contribution in [2.24, 2.45) is 0 Å². The molecule has 0 bridgehead atoms. The van der Waals surface area contributed by atoms with Crippen LogP contribution in [-0.4, -0.2) is 52.0 Å². The molecule has 150 valence electrons. The lowest BCUT2D eigenvalue weighted by Gasteiger charge is -2.23. The topological polar surface area (TPSA) is 54.3 Å². The van der Waals surface area contributed by atoms with E-state index in [0.29, 0.717) is 30.2 Å². The first-order chi connectivity index (χ1) is 14.0. The van der Waals surface area contributed by atoms with Crippen LogP contribution in [0.3, 0.4) is 0 Å². The van der Waals surface area contributed by atoms with E-state index in [1.165, 1.54) is 23.4 Å². The van der Waals surface area contributed by atoms with Crippen LogP contribution in [0.4, 0.5) is 10.1 Å². The lowest BCUT2D eigenvalue weighted by atomic mass is 10.2. The molecule has 7 heteroatoms. The van der Waals surface area contributed by atoms with Gasteiger partial charge in [0.2, 0.25) is 0 Å². The van der Waals surface area contributed by atoms with E-state index in [-0.39, 0.29) is 11.7 Å². The second-order valence-corrected chi connectivity index (χ2v) is 7.38. The number of benzene rings is 2. The Bertz CT molecular complexity index is 997. The molecule has 1 aromatic heterocycles. The number of nitrogens with zero attached hydrogens (tertiary/aromatic N) is 5. The van der Waals surface area contributed by atoms with Crippen LogP contribution in [0.1, 0.15) is 28.2 Å². The minimum Gasteiger partial charge on any atom is -0.370 e. The highest BCUT2D eigenvalue weighted by atomic mass is 19.1. The van der Waals surface area contributed by atoms with Gasteiger partial charge in [0.25, 0.3) is 5.91 Å². The fourth-order valence-corrected chi connectivity index (χ4v) is 3.64. The zero-order chi connectivity index (χ0) is 20.4. The lowest BCUT2D eigenvalue weighted by Crippen LogP contribution is -2.35. The molecule has 0 saturated carbocycles. The zero-order valence-corrected chi connectivity index (χ0v) is 16.7. The molecule has 4 rings (SSSR count). The minimum atomic E-state index is -0.314. The van der Waals surface area contributed by atoms with Crippen molar-refractivity contribution >= 4 is 11.6 Å². The van der Waals surface area contributed by atoms with Gasteiger partial charge in [0.1, 0.15) is 5.82 Å². The first kappa shape index (κ1) is 19.1. The number of aryl methyl sites for hydroxylation is 1. The third-order valence-corrected chi connectivity index (χ3v) is 5.35.